The molecule has 0 saturated carbocycles. The van der Waals surface area contributed by atoms with Crippen LogP contribution in [0.15, 0.2) is 29.2 Å². The third-order valence-electron chi connectivity index (χ3n) is 1.51. The molecule has 0 spiro atoms. The van der Waals surface area contributed by atoms with Crippen LogP contribution in [0.2, 0.25) is 0 Å². The first-order valence-corrected chi connectivity index (χ1v) is 5.22. The van der Waals surface area contributed by atoms with E-state index >= 15 is 0 Å². The van der Waals surface area contributed by atoms with Crippen LogP contribution in [0.25, 0.3) is 0 Å². The van der Waals surface area contributed by atoms with E-state index in [0.717, 1.165) is 5.56 Å². The quantitative estimate of drug-likeness (QED) is 0.734. The third-order valence-corrected chi connectivity index (χ3v) is 2.61. The zero-order chi connectivity index (χ0) is 9.90. The standard InChI is InChI=1S/C11H16OS/c1-11(2,3)13-10-6-4-5-9(7-10)8-12/h4-7,12H,8H2,1-3H3. The second-order valence-electron chi connectivity index (χ2n) is 4.02. The van der Waals surface area contributed by atoms with E-state index in [1.165, 1.54) is 4.90 Å². The molecule has 1 nitrogen and oxygen atoms in total. The Bertz CT molecular complexity index is 276. The molecule has 0 fully saturated rings. The normalized spacial score (nSPS) is 11.7. The lowest BCUT2D eigenvalue weighted by Gasteiger charge is -2.17. The second kappa shape index (κ2) is 4.16. The molecule has 0 aliphatic carbocycles. The maximum atomic E-state index is 8.95. The maximum absolute atomic E-state index is 8.95. The lowest BCUT2D eigenvalue weighted by atomic mass is 10.2. The Morgan fingerprint density at radius 3 is 2.54 bits per heavy atom. The van der Waals surface area contributed by atoms with Crippen LogP contribution in [-0.2, 0) is 6.61 Å². The molecule has 0 bridgehead atoms. The van der Waals surface area contributed by atoms with E-state index < -0.39 is 0 Å². The molecular formula is C11H16OS. The Morgan fingerprint density at radius 2 is 2.00 bits per heavy atom. The summed E-state index contributed by atoms with van der Waals surface area (Å²) < 4.78 is 0.230. The van der Waals surface area contributed by atoms with Gasteiger partial charge in [-0.05, 0) is 17.7 Å². The first-order chi connectivity index (χ1) is 6.01. The van der Waals surface area contributed by atoms with E-state index in [9.17, 15) is 0 Å². The topological polar surface area (TPSA) is 20.2 Å². The third kappa shape index (κ3) is 3.83. The van der Waals surface area contributed by atoms with Crippen molar-refractivity contribution in [2.45, 2.75) is 37.0 Å². The van der Waals surface area contributed by atoms with Crippen molar-refractivity contribution in [2.24, 2.45) is 0 Å². The van der Waals surface area contributed by atoms with Gasteiger partial charge in [0.15, 0.2) is 0 Å². The number of thioether (sulfide) groups is 1. The molecular weight excluding hydrogens is 180 g/mol. The highest BCUT2D eigenvalue weighted by molar-refractivity contribution is 8.00. The Labute approximate surface area is 84.2 Å². The molecule has 13 heavy (non-hydrogen) atoms. The molecule has 2 heteroatoms. The van der Waals surface area contributed by atoms with E-state index in [1.54, 1.807) is 0 Å². The molecule has 1 aromatic rings. The average molecular weight is 196 g/mol. The van der Waals surface area contributed by atoms with Gasteiger partial charge in [-0.25, -0.2) is 0 Å². The molecule has 1 rings (SSSR count). The van der Waals surface area contributed by atoms with Gasteiger partial charge in [0.05, 0.1) is 6.61 Å². The number of aliphatic hydroxyl groups excluding tert-OH is 1. The predicted octanol–water partition coefficient (Wildman–Crippen LogP) is 3.07. The highest BCUT2D eigenvalue weighted by Gasteiger charge is 2.11. The maximum Gasteiger partial charge on any atom is 0.0682 e. The van der Waals surface area contributed by atoms with Crippen molar-refractivity contribution in [2.75, 3.05) is 0 Å². The van der Waals surface area contributed by atoms with Gasteiger partial charge in [0.1, 0.15) is 0 Å². The minimum atomic E-state index is 0.124. The summed E-state index contributed by atoms with van der Waals surface area (Å²) in [6.45, 7) is 6.68. The lowest BCUT2D eigenvalue weighted by Crippen LogP contribution is -2.06. The van der Waals surface area contributed by atoms with Crippen LogP contribution in [0, 0.1) is 0 Å². The summed E-state index contributed by atoms with van der Waals surface area (Å²) >= 11 is 1.82. The summed E-state index contributed by atoms with van der Waals surface area (Å²) in [7, 11) is 0. The van der Waals surface area contributed by atoms with Crippen LogP contribution in [0.5, 0.6) is 0 Å². The number of benzene rings is 1. The molecule has 0 aliphatic rings. The second-order valence-corrected chi connectivity index (χ2v) is 5.92. The first-order valence-electron chi connectivity index (χ1n) is 4.40. The van der Waals surface area contributed by atoms with Gasteiger partial charge in [0, 0.05) is 9.64 Å². The molecule has 0 atom stereocenters. The van der Waals surface area contributed by atoms with Crippen LogP contribution < -0.4 is 0 Å². The molecule has 0 amide bonds. The van der Waals surface area contributed by atoms with Crippen molar-refractivity contribution in [3.63, 3.8) is 0 Å². The summed E-state index contributed by atoms with van der Waals surface area (Å²) in [6.07, 6.45) is 0. The molecule has 0 radical (unpaired) electrons. The summed E-state index contributed by atoms with van der Waals surface area (Å²) in [5.41, 5.74) is 0.981. The van der Waals surface area contributed by atoms with Crippen LogP contribution >= 0.6 is 11.8 Å². The summed E-state index contributed by atoms with van der Waals surface area (Å²) in [4.78, 5) is 1.22. The largest absolute Gasteiger partial charge is 0.392 e. The molecule has 1 aromatic carbocycles. The minimum absolute atomic E-state index is 0.124. The molecule has 0 aromatic heterocycles. The van der Waals surface area contributed by atoms with E-state index in [2.05, 4.69) is 26.8 Å². The Kier molecular flexibility index (Phi) is 3.40. The van der Waals surface area contributed by atoms with Gasteiger partial charge < -0.3 is 5.11 Å². The highest BCUT2D eigenvalue weighted by atomic mass is 32.2. The molecule has 72 valence electrons. The van der Waals surface area contributed by atoms with Gasteiger partial charge in [0.25, 0.3) is 0 Å². The van der Waals surface area contributed by atoms with Crippen molar-refractivity contribution in [1.82, 2.24) is 0 Å². The monoisotopic (exact) mass is 196 g/mol. The van der Waals surface area contributed by atoms with Gasteiger partial charge in [-0.3, -0.25) is 0 Å². The van der Waals surface area contributed by atoms with Crippen molar-refractivity contribution in [1.29, 1.82) is 0 Å². The average Bonchev–Trinajstić information content (AvgIpc) is 2.01. The smallest absolute Gasteiger partial charge is 0.0682 e. The van der Waals surface area contributed by atoms with Gasteiger partial charge >= 0.3 is 0 Å². The molecule has 0 heterocycles. The first kappa shape index (κ1) is 10.6. The van der Waals surface area contributed by atoms with Crippen molar-refractivity contribution >= 4 is 11.8 Å². The summed E-state index contributed by atoms with van der Waals surface area (Å²) in [5, 5.41) is 8.95. The highest BCUT2D eigenvalue weighted by Crippen LogP contribution is 2.31. The van der Waals surface area contributed by atoms with E-state index in [-0.39, 0.29) is 11.4 Å². The fourth-order valence-electron chi connectivity index (χ4n) is 1.06. The van der Waals surface area contributed by atoms with E-state index in [4.69, 9.17) is 5.11 Å². The minimum Gasteiger partial charge on any atom is -0.392 e. The van der Waals surface area contributed by atoms with E-state index in [0.29, 0.717) is 0 Å². The van der Waals surface area contributed by atoms with Gasteiger partial charge in [-0.2, -0.15) is 0 Å². The fraction of sp³-hybridized carbons (Fsp3) is 0.455. The molecule has 0 aliphatic heterocycles. The van der Waals surface area contributed by atoms with Crippen molar-refractivity contribution in [3.05, 3.63) is 29.8 Å². The van der Waals surface area contributed by atoms with Crippen molar-refractivity contribution < 1.29 is 5.11 Å². The number of aliphatic hydroxyl groups is 1. The predicted molar refractivity (Wildman–Crippen MR) is 58.0 cm³/mol. The zero-order valence-corrected chi connectivity index (χ0v) is 9.19. The number of hydrogen-bond donors (Lipinski definition) is 1. The Hall–Kier alpha value is -0.470. The lowest BCUT2D eigenvalue weighted by molar-refractivity contribution is 0.281. The van der Waals surface area contributed by atoms with E-state index in [1.807, 2.05) is 30.0 Å². The molecule has 1 N–H and O–H groups in total. The van der Waals surface area contributed by atoms with Crippen molar-refractivity contribution in [3.8, 4) is 0 Å². The Morgan fingerprint density at radius 1 is 1.31 bits per heavy atom. The molecule has 0 unspecified atom stereocenters. The van der Waals surface area contributed by atoms with Crippen LogP contribution in [0.1, 0.15) is 26.3 Å². The van der Waals surface area contributed by atoms with Crippen LogP contribution in [0.4, 0.5) is 0 Å². The number of hydrogen-bond acceptors (Lipinski definition) is 2. The molecule has 0 saturated heterocycles. The number of rotatable bonds is 2. The van der Waals surface area contributed by atoms with Gasteiger partial charge in [-0.15, -0.1) is 11.8 Å². The summed E-state index contributed by atoms with van der Waals surface area (Å²) in [6, 6.07) is 8.04. The SMILES string of the molecule is CC(C)(C)Sc1cccc(CO)c1. The van der Waals surface area contributed by atoms with Gasteiger partial charge in [0.2, 0.25) is 0 Å². The Balaban J connectivity index is 2.78. The van der Waals surface area contributed by atoms with Crippen LogP contribution in [-0.4, -0.2) is 9.85 Å². The fourth-order valence-corrected chi connectivity index (χ4v) is 2.12. The summed E-state index contributed by atoms with van der Waals surface area (Å²) in [5.74, 6) is 0. The van der Waals surface area contributed by atoms with Crippen LogP contribution in [0.3, 0.4) is 0 Å². The zero-order valence-electron chi connectivity index (χ0n) is 8.37. The van der Waals surface area contributed by atoms with Gasteiger partial charge in [-0.1, -0.05) is 32.9 Å².